The second kappa shape index (κ2) is 7.56. The third-order valence-corrected chi connectivity index (χ3v) is 4.18. The number of anilines is 1. The molecule has 0 spiro atoms. The molecule has 2 amide bonds. The molecule has 1 aromatic carbocycles. The SMILES string of the molecule is CCOC1CCN(C(=O)Nc2ccc(F)c(-n3nnnc3C)c2)CC1. The first-order valence-corrected chi connectivity index (χ1v) is 8.31. The molecule has 1 saturated heterocycles. The molecule has 0 saturated carbocycles. The van der Waals surface area contributed by atoms with E-state index in [1.807, 2.05) is 6.92 Å². The monoisotopic (exact) mass is 348 g/mol. The molecule has 1 aromatic heterocycles. The number of halogens is 1. The third kappa shape index (κ3) is 3.93. The number of hydrogen-bond acceptors (Lipinski definition) is 5. The molecule has 9 heteroatoms. The van der Waals surface area contributed by atoms with Crippen LogP contribution in [-0.4, -0.2) is 56.9 Å². The summed E-state index contributed by atoms with van der Waals surface area (Å²) in [6.45, 7) is 5.60. The number of amides is 2. The minimum atomic E-state index is -0.467. The van der Waals surface area contributed by atoms with Crippen LogP contribution in [0.5, 0.6) is 0 Å². The maximum absolute atomic E-state index is 14.1. The van der Waals surface area contributed by atoms with Crippen LogP contribution in [-0.2, 0) is 4.74 Å². The Morgan fingerprint density at radius 2 is 2.16 bits per heavy atom. The number of carbonyl (C=O) groups excluding carboxylic acids is 1. The summed E-state index contributed by atoms with van der Waals surface area (Å²) in [5.41, 5.74) is 0.679. The van der Waals surface area contributed by atoms with Crippen LogP contribution in [0.1, 0.15) is 25.6 Å². The molecule has 0 bridgehead atoms. The van der Waals surface area contributed by atoms with E-state index >= 15 is 0 Å². The van der Waals surface area contributed by atoms with E-state index in [-0.39, 0.29) is 17.8 Å². The summed E-state index contributed by atoms with van der Waals surface area (Å²) in [7, 11) is 0. The van der Waals surface area contributed by atoms with Gasteiger partial charge < -0.3 is 15.0 Å². The first kappa shape index (κ1) is 17.3. The number of piperidine rings is 1. The van der Waals surface area contributed by atoms with Crippen molar-refractivity contribution in [3.63, 3.8) is 0 Å². The third-order valence-electron chi connectivity index (χ3n) is 4.18. The average Bonchev–Trinajstić information content (AvgIpc) is 3.03. The Kier molecular flexibility index (Phi) is 5.22. The lowest BCUT2D eigenvalue weighted by Gasteiger charge is -2.31. The van der Waals surface area contributed by atoms with Crippen LogP contribution in [0.25, 0.3) is 5.69 Å². The van der Waals surface area contributed by atoms with Gasteiger partial charge in [0.05, 0.1) is 6.10 Å². The van der Waals surface area contributed by atoms with Crippen LogP contribution in [0.15, 0.2) is 18.2 Å². The Bertz CT molecular complexity index is 742. The van der Waals surface area contributed by atoms with Gasteiger partial charge in [0.1, 0.15) is 11.5 Å². The number of aryl methyl sites for hydroxylation is 1. The van der Waals surface area contributed by atoms with Gasteiger partial charge in [-0.2, -0.15) is 4.68 Å². The van der Waals surface area contributed by atoms with E-state index in [0.717, 1.165) is 12.8 Å². The van der Waals surface area contributed by atoms with Crippen molar-refractivity contribution in [3.05, 3.63) is 29.8 Å². The number of rotatable bonds is 4. The molecule has 1 aliphatic rings. The summed E-state index contributed by atoms with van der Waals surface area (Å²) >= 11 is 0. The minimum Gasteiger partial charge on any atom is -0.378 e. The van der Waals surface area contributed by atoms with Crippen molar-refractivity contribution >= 4 is 11.7 Å². The van der Waals surface area contributed by atoms with Crippen molar-refractivity contribution in [1.82, 2.24) is 25.1 Å². The predicted molar refractivity (Wildman–Crippen MR) is 89.1 cm³/mol. The van der Waals surface area contributed by atoms with Crippen LogP contribution in [0.4, 0.5) is 14.9 Å². The van der Waals surface area contributed by atoms with E-state index < -0.39 is 5.82 Å². The van der Waals surface area contributed by atoms with Crippen LogP contribution >= 0.6 is 0 Å². The quantitative estimate of drug-likeness (QED) is 0.915. The second-order valence-electron chi connectivity index (χ2n) is 5.88. The number of nitrogens with zero attached hydrogens (tertiary/aromatic N) is 5. The lowest BCUT2D eigenvalue weighted by atomic mass is 10.1. The normalized spacial score (nSPS) is 15.4. The molecule has 0 atom stereocenters. The lowest BCUT2D eigenvalue weighted by molar-refractivity contribution is 0.0232. The minimum absolute atomic E-state index is 0.190. The van der Waals surface area contributed by atoms with Crippen LogP contribution in [0, 0.1) is 12.7 Å². The van der Waals surface area contributed by atoms with E-state index in [4.69, 9.17) is 4.74 Å². The summed E-state index contributed by atoms with van der Waals surface area (Å²) in [6, 6.07) is 4.11. The zero-order chi connectivity index (χ0) is 17.8. The van der Waals surface area contributed by atoms with Crippen molar-refractivity contribution < 1.29 is 13.9 Å². The maximum atomic E-state index is 14.1. The maximum Gasteiger partial charge on any atom is 0.321 e. The number of benzene rings is 1. The van der Waals surface area contributed by atoms with Gasteiger partial charge in [-0.05, 0) is 55.3 Å². The number of urea groups is 1. The van der Waals surface area contributed by atoms with E-state index in [9.17, 15) is 9.18 Å². The summed E-state index contributed by atoms with van der Waals surface area (Å²) in [5.74, 6) is -0.00805. The van der Waals surface area contributed by atoms with Gasteiger partial charge in [-0.25, -0.2) is 9.18 Å². The van der Waals surface area contributed by atoms with Crippen LogP contribution < -0.4 is 5.32 Å². The molecule has 2 aromatic rings. The van der Waals surface area contributed by atoms with Crippen molar-refractivity contribution in [1.29, 1.82) is 0 Å². The molecule has 0 aliphatic carbocycles. The Morgan fingerprint density at radius 3 is 2.80 bits per heavy atom. The van der Waals surface area contributed by atoms with Gasteiger partial charge in [0.25, 0.3) is 0 Å². The van der Waals surface area contributed by atoms with Gasteiger partial charge in [0.15, 0.2) is 5.82 Å². The first-order chi connectivity index (χ1) is 12.1. The molecule has 1 fully saturated rings. The Labute approximate surface area is 145 Å². The molecular formula is C16H21FN6O2. The Hall–Kier alpha value is -2.55. The predicted octanol–water partition coefficient (Wildman–Crippen LogP) is 2.14. The Balaban J connectivity index is 1.67. The number of tetrazole rings is 1. The number of carbonyl (C=O) groups is 1. The summed E-state index contributed by atoms with van der Waals surface area (Å²) in [4.78, 5) is 14.2. The standard InChI is InChI=1S/C16H21FN6O2/c1-3-25-13-6-8-22(9-7-13)16(24)18-12-4-5-14(17)15(10-12)23-11(2)19-20-21-23/h4-5,10,13H,3,6-9H2,1-2H3,(H,18,24). The van der Waals surface area contributed by atoms with Crippen molar-refractivity contribution in [3.8, 4) is 5.69 Å². The topological polar surface area (TPSA) is 85.2 Å². The lowest BCUT2D eigenvalue weighted by Crippen LogP contribution is -2.43. The molecular weight excluding hydrogens is 327 g/mol. The highest BCUT2D eigenvalue weighted by Gasteiger charge is 2.23. The highest BCUT2D eigenvalue weighted by atomic mass is 19.1. The van der Waals surface area contributed by atoms with E-state index in [2.05, 4.69) is 20.8 Å². The summed E-state index contributed by atoms with van der Waals surface area (Å²) < 4.78 is 20.9. The fraction of sp³-hybridized carbons (Fsp3) is 0.500. The molecule has 0 radical (unpaired) electrons. The van der Waals surface area contributed by atoms with Crippen LogP contribution in [0.3, 0.4) is 0 Å². The molecule has 8 nitrogen and oxygen atoms in total. The molecule has 3 rings (SSSR count). The van der Waals surface area contributed by atoms with Crippen molar-refractivity contribution in [2.75, 3.05) is 25.0 Å². The number of aromatic nitrogens is 4. The molecule has 134 valence electrons. The highest BCUT2D eigenvalue weighted by molar-refractivity contribution is 5.89. The fourth-order valence-electron chi connectivity index (χ4n) is 2.87. The van der Waals surface area contributed by atoms with Gasteiger partial charge in [-0.15, -0.1) is 5.10 Å². The molecule has 0 unspecified atom stereocenters. The highest BCUT2D eigenvalue weighted by Crippen LogP contribution is 2.20. The first-order valence-electron chi connectivity index (χ1n) is 8.31. The molecule has 2 heterocycles. The van der Waals surface area contributed by atoms with Crippen molar-refractivity contribution in [2.45, 2.75) is 32.8 Å². The summed E-state index contributed by atoms with van der Waals surface area (Å²) in [6.07, 6.45) is 1.86. The molecule has 25 heavy (non-hydrogen) atoms. The number of likely N-dealkylation sites (tertiary alicyclic amines) is 1. The zero-order valence-corrected chi connectivity index (χ0v) is 14.3. The Morgan fingerprint density at radius 1 is 1.40 bits per heavy atom. The van der Waals surface area contributed by atoms with Gasteiger partial charge >= 0.3 is 6.03 Å². The summed E-state index contributed by atoms with van der Waals surface area (Å²) in [5, 5.41) is 13.8. The van der Waals surface area contributed by atoms with Crippen LogP contribution in [0.2, 0.25) is 0 Å². The van der Waals surface area contributed by atoms with E-state index in [1.165, 1.54) is 22.9 Å². The average molecular weight is 348 g/mol. The largest absolute Gasteiger partial charge is 0.378 e. The number of nitrogens with one attached hydrogen (secondary N) is 1. The second-order valence-corrected chi connectivity index (χ2v) is 5.88. The number of ether oxygens (including phenoxy) is 1. The zero-order valence-electron chi connectivity index (χ0n) is 14.3. The van der Waals surface area contributed by atoms with E-state index in [0.29, 0.717) is 31.2 Å². The van der Waals surface area contributed by atoms with Crippen molar-refractivity contribution in [2.24, 2.45) is 0 Å². The van der Waals surface area contributed by atoms with E-state index in [1.54, 1.807) is 11.8 Å². The molecule has 1 N–H and O–H groups in total. The van der Waals surface area contributed by atoms with Gasteiger partial charge in [-0.3, -0.25) is 0 Å². The fourth-order valence-corrected chi connectivity index (χ4v) is 2.87. The van der Waals surface area contributed by atoms with Gasteiger partial charge in [-0.1, -0.05) is 0 Å². The van der Waals surface area contributed by atoms with Gasteiger partial charge in [0, 0.05) is 25.4 Å². The smallest absolute Gasteiger partial charge is 0.321 e. The van der Waals surface area contributed by atoms with Gasteiger partial charge in [0.2, 0.25) is 0 Å². The molecule has 1 aliphatic heterocycles. The number of hydrogen-bond donors (Lipinski definition) is 1.